The molecule has 2 rings (SSSR count). The normalized spacial score (nSPS) is 16.3. The van der Waals surface area contributed by atoms with Gasteiger partial charge in [0.1, 0.15) is 0 Å². The van der Waals surface area contributed by atoms with Gasteiger partial charge in [0.05, 0.1) is 23.7 Å². The number of hydrogen-bond donors (Lipinski definition) is 0. The predicted molar refractivity (Wildman–Crippen MR) is 80.4 cm³/mol. The lowest BCUT2D eigenvalue weighted by atomic mass is 10.1. The van der Waals surface area contributed by atoms with Crippen molar-refractivity contribution in [2.75, 3.05) is 7.11 Å². The zero-order valence-corrected chi connectivity index (χ0v) is 13.7. The van der Waals surface area contributed by atoms with Crippen molar-refractivity contribution >= 4 is 31.7 Å². The van der Waals surface area contributed by atoms with Gasteiger partial charge in [0.2, 0.25) is 0 Å². The van der Waals surface area contributed by atoms with Crippen molar-refractivity contribution in [2.24, 2.45) is 0 Å². The van der Waals surface area contributed by atoms with E-state index in [2.05, 4.69) is 20.7 Å². The van der Waals surface area contributed by atoms with E-state index in [0.717, 1.165) is 25.7 Å². The van der Waals surface area contributed by atoms with Gasteiger partial charge < -0.3 is 4.74 Å². The standard InChI is InChI=1S/C14H17BrO4S/c1-19-14(16)10-6-7-11(13(15)8-10)9-20(17,18)12-4-2-3-5-12/h6-8,12H,2-5,9H2,1H3. The van der Waals surface area contributed by atoms with Crippen molar-refractivity contribution in [3.8, 4) is 0 Å². The quantitative estimate of drug-likeness (QED) is 0.774. The van der Waals surface area contributed by atoms with Crippen molar-refractivity contribution in [1.82, 2.24) is 0 Å². The summed E-state index contributed by atoms with van der Waals surface area (Å²) < 4.78 is 29.9. The Bertz CT molecular complexity index is 604. The van der Waals surface area contributed by atoms with E-state index in [4.69, 9.17) is 0 Å². The molecule has 0 atom stereocenters. The van der Waals surface area contributed by atoms with Gasteiger partial charge >= 0.3 is 5.97 Å². The highest BCUT2D eigenvalue weighted by Gasteiger charge is 2.29. The summed E-state index contributed by atoms with van der Waals surface area (Å²) in [5.41, 5.74) is 1.09. The number of hydrogen-bond acceptors (Lipinski definition) is 4. The molecule has 0 saturated heterocycles. The van der Waals surface area contributed by atoms with Crippen LogP contribution in [0.2, 0.25) is 0 Å². The van der Waals surface area contributed by atoms with Gasteiger partial charge in [0.25, 0.3) is 0 Å². The number of methoxy groups -OCH3 is 1. The van der Waals surface area contributed by atoms with Crippen LogP contribution in [0.4, 0.5) is 0 Å². The van der Waals surface area contributed by atoms with Crippen molar-refractivity contribution in [3.63, 3.8) is 0 Å². The monoisotopic (exact) mass is 360 g/mol. The third-order valence-corrected chi connectivity index (χ3v) is 6.58. The Kier molecular flexibility index (Phi) is 4.86. The molecule has 1 saturated carbocycles. The smallest absolute Gasteiger partial charge is 0.337 e. The summed E-state index contributed by atoms with van der Waals surface area (Å²) >= 11 is 3.33. The average molecular weight is 361 g/mol. The molecule has 1 fully saturated rings. The van der Waals surface area contributed by atoms with E-state index >= 15 is 0 Å². The lowest BCUT2D eigenvalue weighted by Crippen LogP contribution is -2.19. The molecule has 1 aliphatic carbocycles. The Hall–Kier alpha value is -0.880. The number of halogens is 1. The predicted octanol–water partition coefficient (Wildman–Crippen LogP) is 3.09. The second kappa shape index (κ2) is 6.26. The lowest BCUT2D eigenvalue weighted by molar-refractivity contribution is 0.0600. The minimum Gasteiger partial charge on any atom is -0.465 e. The molecule has 1 aromatic carbocycles. The number of sulfone groups is 1. The summed E-state index contributed by atoms with van der Waals surface area (Å²) in [7, 11) is -1.81. The lowest BCUT2D eigenvalue weighted by Gasteiger charge is -2.12. The van der Waals surface area contributed by atoms with Gasteiger partial charge in [-0.3, -0.25) is 0 Å². The average Bonchev–Trinajstić information content (AvgIpc) is 2.95. The number of carbonyl (C=O) groups excluding carboxylic acids is 1. The molecular formula is C14H17BrO4S. The molecule has 0 N–H and O–H groups in total. The second-order valence-electron chi connectivity index (χ2n) is 5.01. The zero-order chi connectivity index (χ0) is 14.8. The van der Waals surface area contributed by atoms with Crippen LogP contribution in [0.1, 0.15) is 41.6 Å². The van der Waals surface area contributed by atoms with E-state index in [9.17, 15) is 13.2 Å². The van der Waals surface area contributed by atoms with Gasteiger partial charge in [-0.25, -0.2) is 13.2 Å². The first-order chi connectivity index (χ1) is 9.44. The molecule has 0 unspecified atom stereocenters. The Morgan fingerprint density at radius 3 is 2.55 bits per heavy atom. The van der Waals surface area contributed by atoms with Crippen LogP contribution >= 0.6 is 15.9 Å². The van der Waals surface area contributed by atoms with Gasteiger partial charge in [0, 0.05) is 4.47 Å². The molecule has 0 amide bonds. The van der Waals surface area contributed by atoms with Crippen LogP contribution in [0.15, 0.2) is 22.7 Å². The number of benzene rings is 1. The number of ether oxygens (including phenoxy) is 1. The van der Waals surface area contributed by atoms with E-state index in [0.29, 0.717) is 15.6 Å². The number of carbonyl (C=O) groups is 1. The van der Waals surface area contributed by atoms with Gasteiger partial charge in [0.15, 0.2) is 9.84 Å². The summed E-state index contributed by atoms with van der Waals surface area (Å²) in [4.78, 5) is 11.4. The summed E-state index contributed by atoms with van der Waals surface area (Å²) in [6.45, 7) is 0. The maximum absolute atomic E-state index is 12.3. The molecule has 110 valence electrons. The summed E-state index contributed by atoms with van der Waals surface area (Å²) in [6, 6.07) is 4.87. The van der Waals surface area contributed by atoms with Crippen LogP contribution < -0.4 is 0 Å². The summed E-state index contributed by atoms with van der Waals surface area (Å²) in [5, 5.41) is -0.213. The van der Waals surface area contributed by atoms with Crippen molar-refractivity contribution in [1.29, 1.82) is 0 Å². The maximum Gasteiger partial charge on any atom is 0.337 e. The molecule has 1 aliphatic rings. The van der Waals surface area contributed by atoms with Gasteiger partial charge in [-0.1, -0.05) is 34.8 Å². The number of esters is 1. The summed E-state index contributed by atoms with van der Waals surface area (Å²) in [6.07, 6.45) is 3.51. The molecular weight excluding hydrogens is 344 g/mol. The molecule has 20 heavy (non-hydrogen) atoms. The van der Waals surface area contributed by atoms with Crippen LogP contribution in [0.25, 0.3) is 0 Å². The summed E-state index contributed by atoms with van der Waals surface area (Å²) in [5.74, 6) is -0.421. The van der Waals surface area contributed by atoms with E-state index in [1.165, 1.54) is 7.11 Å². The highest BCUT2D eigenvalue weighted by Crippen LogP contribution is 2.29. The Morgan fingerprint density at radius 2 is 2.00 bits per heavy atom. The zero-order valence-electron chi connectivity index (χ0n) is 11.3. The molecule has 6 heteroatoms. The molecule has 0 aliphatic heterocycles. The van der Waals surface area contributed by atoms with Gasteiger partial charge in [-0.05, 0) is 30.5 Å². The maximum atomic E-state index is 12.3. The largest absolute Gasteiger partial charge is 0.465 e. The number of rotatable bonds is 4. The minimum absolute atomic E-state index is 0.0136. The third-order valence-electron chi connectivity index (χ3n) is 3.64. The molecule has 0 aromatic heterocycles. The van der Waals surface area contributed by atoms with Crippen LogP contribution in [0, 0.1) is 0 Å². The molecule has 0 radical (unpaired) electrons. The van der Waals surface area contributed by atoms with E-state index in [-0.39, 0.29) is 11.0 Å². The van der Waals surface area contributed by atoms with E-state index in [1.807, 2.05) is 0 Å². The van der Waals surface area contributed by atoms with Crippen molar-refractivity contribution in [3.05, 3.63) is 33.8 Å². The first kappa shape index (κ1) is 15.5. The minimum atomic E-state index is -3.12. The molecule has 1 aromatic rings. The molecule has 0 heterocycles. The second-order valence-corrected chi connectivity index (χ2v) is 8.15. The fraction of sp³-hybridized carbons (Fsp3) is 0.500. The van der Waals surface area contributed by atoms with Gasteiger partial charge in [-0.15, -0.1) is 0 Å². The highest BCUT2D eigenvalue weighted by atomic mass is 79.9. The molecule has 0 spiro atoms. The fourth-order valence-corrected chi connectivity index (χ4v) is 5.17. The van der Waals surface area contributed by atoms with Crippen LogP contribution in [-0.2, 0) is 20.3 Å². The van der Waals surface area contributed by atoms with E-state index in [1.54, 1.807) is 18.2 Å². The van der Waals surface area contributed by atoms with Crippen molar-refractivity contribution < 1.29 is 17.9 Å². The SMILES string of the molecule is COC(=O)c1ccc(CS(=O)(=O)C2CCCC2)c(Br)c1. The topological polar surface area (TPSA) is 60.4 Å². The molecule has 0 bridgehead atoms. The fourth-order valence-electron chi connectivity index (χ4n) is 2.49. The molecule has 4 nitrogen and oxygen atoms in total. The Labute approximate surface area is 127 Å². The van der Waals surface area contributed by atoms with Crippen LogP contribution in [0.5, 0.6) is 0 Å². The first-order valence-corrected chi connectivity index (χ1v) is 9.03. The highest BCUT2D eigenvalue weighted by molar-refractivity contribution is 9.10. The third kappa shape index (κ3) is 3.41. The van der Waals surface area contributed by atoms with Crippen LogP contribution in [-0.4, -0.2) is 26.7 Å². The Morgan fingerprint density at radius 1 is 1.35 bits per heavy atom. The first-order valence-electron chi connectivity index (χ1n) is 6.52. The van der Waals surface area contributed by atoms with Crippen molar-refractivity contribution in [2.45, 2.75) is 36.7 Å². The van der Waals surface area contributed by atoms with Crippen LogP contribution in [0.3, 0.4) is 0 Å². The van der Waals surface area contributed by atoms with E-state index < -0.39 is 15.8 Å². The van der Waals surface area contributed by atoms with Gasteiger partial charge in [-0.2, -0.15) is 0 Å². The Balaban J connectivity index is 2.19.